The molecule has 0 amide bonds. The molecule has 0 atom stereocenters. The van der Waals surface area contributed by atoms with E-state index in [2.05, 4.69) is 9.88 Å². The highest BCUT2D eigenvalue weighted by molar-refractivity contribution is 6.17. The molecule has 0 aromatic carbocycles. The molecule has 4 heteroatoms. The summed E-state index contributed by atoms with van der Waals surface area (Å²) in [6, 6.07) is 6.51. The van der Waals surface area contributed by atoms with Crippen molar-refractivity contribution in [1.29, 1.82) is 0 Å². The molecule has 0 N–H and O–H groups in total. The molecular weight excluding hydrogens is 248 g/mol. The van der Waals surface area contributed by atoms with E-state index in [9.17, 15) is 0 Å². The lowest BCUT2D eigenvalue weighted by atomic mass is 10.2. The van der Waals surface area contributed by atoms with Crippen LogP contribution in [-0.2, 0) is 12.4 Å². The van der Waals surface area contributed by atoms with Crippen LogP contribution < -0.4 is 4.90 Å². The number of aromatic nitrogens is 1. The number of furan rings is 1. The van der Waals surface area contributed by atoms with Crippen molar-refractivity contribution in [3.8, 4) is 0 Å². The van der Waals surface area contributed by atoms with E-state index in [1.807, 2.05) is 24.4 Å². The van der Waals surface area contributed by atoms with Crippen LogP contribution in [0.25, 0.3) is 0 Å². The van der Waals surface area contributed by atoms with Crippen LogP contribution in [0.1, 0.15) is 24.2 Å². The number of nitrogens with zero attached hydrogens (tertiary/aromatic N) is 2. The predicted octanol–water partition coefficient (Wildman–Crippen LogP) is 3.58. The molecule has 0 saturated heterocycles. The first-order valence-corrected chi connectivity index (χ1v) is 6.70. The monoisotopic (exact) mass is 262 g/mol. The molecule has 0 unspecified atom stereocenters. The van der Waals surface area contributed by atoms with Gasteiger partial charge in [0.1, 0.15) is 5.76 Å². The van der Waals surface area contributed by atoms with Gasteiger partial charge in [0.2, 0.25) is 0 Å². The summed E-state index contributed by atoms with van der Waals surface area (Å²) in [4.78, 5) is 6.57. The van der Waals surface area contributed by atoms with Gasteiger partial charge in [-0.3, -0.25) is 4.98 Å². The van der Waals surface area contributed by atoms with Crippen LogP contribution >= 0.6 is 11.6 Å². The summed E-state index contributed by atoms with van der Waals surface area (Å²) in [5, 5.41) is 0. The fourth-order valence-electron chi connectivity index (χ4n) is 2.15. The molecule has 2 heterocycles. The Balaban J connectivity index is 1.89. The highest BCUT2D eigenvalue weighted by atomic mass is 35.5. The van der Waals surface area contributed by atoms with Gasteiger partial charge in [-0.2, -0.15) is 0 Å². The van der Waals surface area contributed by atoms with E-state index in [4.69, 9.17) is 16.0 Å². The normalized spacial score (nSPS) is 14.7. The van der Waals surface area contributed by atoms with Gasteiger partial charge in [-0.15, -0.1) is 11.6 Å². The van der Waals surface area contributed by atoms with Crippen LogP contribution in [0.2, 0.25) is 0 Å². The average Bonchev–Trinajstić information content (AvgIpc) is 3.13. The minimum atomic E-state index is 0.513. The molecule has 3 nitrogen and oxygen atoms in total. The largest absolute Gasteiger partial charge is 0.467 e. The Hall–Kier alpha value is -1.48. The van der Waals surface area contributed by atoms with Gasteiger partial charge in [0.15, 0.2) is 0 Å². The number of pyridine rings is 1. The molecule has 1 fully saturated rings. The molecule has 0 aliphatic heterocycles. The SMILES string of the molecule is ClCc1ccncc1N(Cc1ccco1)C1CC1. The van der Waals surface area contributed by atoms with Crippen molar-refractivity contribution in [2.24, 2.45) is 0 Å². The molecule has 3 rings (SSSR count). The van der Waals surface area contributed by atoms with Gasteiger partial charge in [0.25, 0.3) is 0 Å². The summed E-state index contributed by atoms with van der Waals surface area (Å²) in [6.07, 6.45) is 7.87. The van der Waals surface area contributed by atoms with Gasteiger partial charge in [-0.05, 0) is 36.6 Å². The standard InChI is InChI=1S/C14H15ClN2O/c15-8-11-5-6-16-9-14(11)17(12-3-4-12)10-13-2-1-7-18-13/h1-2,5-7,9,12H,3-4,8,10H2. The molecule has 0 radical (unpaired) electrons. The van der Waals surface area contributed by atoms with Crippen molar-refractivity contribution in [2.45, 2.75) is 31.3 Å². The van der Waals surface area contributed by atoms with Crippen LogP contribution in [-0.4, -0.2) is 11.0 Å². The Morgan fingerprint density at radius 1 is 1.39 bits per heavy atom. The van der Waals surface area contributed by atoms with Gasteiger partial charge >= 0.3 is 0 Å². The fourth-order valence-corrected chi connectivity index (χ4v) is 2.38. The highest BCUT2D eigenvalue weighted by Gasteiger charge is 2.31. The average molecular weight is 263 g/mol. The third-order valence-corrected chi connectivity index (χ3v) is 3.52. The molecule has 0 bridgehead atoms. The smallest absolute Gasteiger partial charge is 0.123 e. The number of halogens is 1. The van der Waals surface area contributed by atoms with Crippen molar-refractivity contribution in [3.05, 3.63) is 48.2 Å². The molecule has 2 aromatic rings. The zero-order chi connectivity index (χ0) is 12.4. The van der Waals surface area contributed by atoms with E-state index in [-0.39, 0.29) is 0 Å². The van der Waals surface area contributed by atoms with Crippen LogP contribution in [0.15, 0.2) is 41.3 Å². The summed E-state index contributed by atoms with van der Waals surface area (Å²) < 4.78 is 5.44. The van der Waals surface area contributed by atoms with Gasteiger partial charge < -0.3 is 9.32 Å². The Bertz CT molecular complexity index is 508. The lowest BCUT2D eigenvalue weighted by Gasteiger charge is -2.25. The first kappa shape index (κ1) is 11.6. The van der Waals surface area contributed by atoms with Crippen molar-refractivity contribution in [1.82, 2.24) is 4.98 Å². The third kappa shape index (κ3) is 2.36. The molecule has 1 saturated carbocycles. The molecule has 1 aliphatic carbocycles. The van der Waals surface area contributed by atoms with Crippen molar-refractivity contribution in [3.63, 3.8) is 0 Å². The molecule has 1 aliphatic rings. The number of anilines is 1. The number of rotatable bonds is 5. The summed E-state index contributed by atoms with van der Waals surface area (Å²) in [7, 11) is 0. The molecular formula is C14H15ClN2O. The number of hydrogen-bond donors (Lipinski definition) is 0. The number of hydrogen-bond acceptors (Lipinski definition) is 3. The second kappa shape index (κ2) is 5.02. The predicted molar refractivity (Wildman–Crippen MR) is 71.7 cm³/mol. The zero-order valence-corrected chi connectivity index (χ0v) is 10.8. The van der Waals surface area contributed by atoms with Crippen LogP contribution in [0, 0.1) is 0 Å². The quantitative estimate of drug-likeness (QED) is 0.772. The zero-order valence-electron chi connectivity index (χ0n) is 10.1. The summed E-state index contributed by atoms with van der Waals surface area (Å²) in [6.45, 7) is 0.785. The van der Waals surface area contributed by atoms with Gasteiger partial charge in [0, 0.05) is 18.1 Å². The first-order valence-electron chi connectivity index (χ1n) is 6.16. The Morgan fingerprint density at radius 2 is 2.28 bits per heavy atom. The van der Waals surface area contributed by atoms with E-state index in [0.29, 0.717) is 11.9 Å². The van der Waals surface area contributed by atoms with Crippen LogP contribution in [0.4, 0.5) is 5.69 Å². The lowest BCUT2D eigenvalue weighted by molar-refractivity contribution is 0.501. The summed E-state index contributed by atoms with van der Waals surface area (Å²) in [5.74, 6) is 1.49. The minimum absolute atomic E-state index is 0.513. The fraction of sp³-hybridized carbons (Fsp3) is 0.357. The maximum Gasteiger partial charge on any atom is 0.123 e. The maximum atomic E-state index is 6.01. The summed E-state index contributed by atoms with van der Waals surface area (Å²) in [5.41, 5.74) is 2.26. The molecule has 94 valence electrons. The minimum Gasteiger partial charge on any atom is -0.467 e. The second-order valence-corrected chi connectivity index (χ2v) is 4.84. The van der Waals surface area contributed by atoms with Gasteiger partial charge in [-0.1, -0.05) is 0 Å². The lowest BCUT2D eigenvalue weighted by Crippen LogP contribution is -2.25. The van der Waals surface area contributed by atoms with Crippen LogP contribution in [0.3, 0.4) is 0 Å². The van der Waals surface area contributed by atoms with Crippen LogP contribution in [0.5, 0.6) is 0 Å². The second-order valence-electron chi connectivity index (χ2n) is 4.58. The number of alkyl halides is 1. The first-order chi connectivity index (χ1) is 8.88. The van der Waals surface area contributed by atoms with Crippen molar-refractivity contribution in [2.75, 3.05) is 4.90 Å². The Labute approximate surface area is 111 Å². The Morgan fingerprint density at radius 3 is 2.94 bits per heavy atom. The maximum absolute atomic E-state index is 6.01. The van der Waals surface area contributed by atoms with E-state index >= 15 is 0 Å². The third-order valence-electron chi connectivity index (χ3n) is 3.23. The summed E-state index contributed by atoms with van der Waals surface area (Å²) >= 11 is 6.01. The van der Waals surface area contributed by atoms with Crippen molar-refractivity contribution < 1.29 is 4.42 Å². The van der Waals surface area contributed by atoms with Crippen molar-refractivity contribution >= 4 is 17.3 Å². The molecule has 18 heavy (non-hydrogen) atoms. The van der Waals surface area contributed by atoms with Gasteiger partial charge in [-0.25, -0.2) is 0 Å². The van der Waals surface area contributed by atoms with E-state index < -0.39 is 0 Å². The van der Waals surface area contributed by atoms with E-state index in [1.54, 1.807) is 12.5 Å². The van der Waals surface area contributed by atoms with E-state index in [0.717, 1.165) is 23.6 Å². The molecule has 2 aromatic heterocycles. The van der Waals surface area contributed by atoms with Gasteiger partial charge in [0.05, 0.1) is 24.7 Å². The topological polar surface area (TPSA) is 29.3 Å². The Kier molecular flexibility index (Phi) is 3.24. The highest BCUT2D eigenvalue weighted by Crippen LogP contribution is 2.35. The molecule has 0 spiro atoms. The van der Waals surface area contributed by atoms with E-state index in [1.165, 1.54) is 12.8 Å².